The lowest BCUT2D eigenvalue weighted by atomic mass is 10.2. The molecule has 2 rings (SSSR count). The summed E-state index contributed by atoms with van der Waals surface area (Å²) in [5.74, 6) is -3.87. The molecular weight excluding hydrogens is 318 g/mol. The predicted octanol–water partition coefficient (Wildman–Crippen LogP) is 1.32. The van der Waals surface area contributed by atoms with Crippen LogP contribution in [0, 0.1) is 0 Å². The van der Waals surface area contributed by atoms with E-state index >= 15 is 0 Å². The van der Waals surface area contributed by atoms with Crippen molar-refractivity contribution in [2.75, 3.05) is 12.3 Å². The number of benzene rings is 1. The molecule has 0 radical (unpaired) electrons. The molecule has 1 aromatic rings. The Morgan fingerprint density at radius 2 is 2.00 bits per heavy atom. The smallest absolute Gasteiger partial charge is 0.410 e. The largest absolute Gasteiger partial charge is 0.445 e. The van der Waals surface area contributed by atoms with Gasteiger partial charge in [-0.05, 0) is 5.56 Å². The van der Waals surface area contributed by atoms with Crippen molar-refractivity contribution in [3.05, 3.63) is 35.9 Å². The molecule has 122 valence electrons. The van der Waals surface area contributed by atoms with Crippen LogP contribution in [0.4, 0.5) is 13.6 Å². The number of carbonyl (C=O) groups excluding carboxylic acids is 1. The van der Waals surface area contributed by atoms with Crippen molar-refractivity contribution in [1.29, 1.82) is 0 Å². The maximum atomic E-state index is 13.5. The van der Waals surface area contributed by atoms with Gasteiger partial charge in [0.2, 0.25) is 10.0 Å². The molecule has 2 N–H and O–H groups in total. The van der Waals surface area contributed by atoms with E-state index in [1.54, 1.807) is 30.3 Å². The summed E-state index contributed by atoms with van der Waals surface area (Å²) in [4.78, 5) is 12.7. The fourth-order valence-electron chi connectivity index (χ4n) is 2.33. The minimum Gasteiger partial charge on any atom is -0.445 e. The molecule has 9 heteroatoms. The maximum absolute atomic E-state index is 13.5. The fraction of sp³-hybridized carbons (Fsp3) is 0.462. The van der Waals surface area contributed by atoms with Crippen LogP contribution in [0.2, 0.25) is 0 Å². The van der Waals surface area contributed by atoms with Gasteiger partial charge in [-0.1, -0.05) is 30.3 Å². The van der Waals surface area contributed by atoms with Crippen LogP contribution in [0.1, 0.15) is 12.0 Å². The lowest BCUT2D eigenvalue weighted by molar-refractivity contribution is 0.0101. The Balaban J connectivity index is 2.02. The van der Waals surface area contributed by atoms with Crippen molar-refractivity contribution >= 4 is 16.1 Å². The van der Waals surface area contributed by atoms with E-state index in [0.29, 0.717) is 5.56 Å². The van der Waals surface area contributed by atoms with Gasteiger partial charge in [-0.3, -0.25) is 4.90 Å². The zero-order chi connectivity index (χ0) is 16.4. The van der Waals surface area contributed by atoms with Crippen LogP contribution in [0.3, 0.4) is 0 Å². The number of alkyl halides is 2. The molecule has 1 aromatic carbocycles. The van der Waals surface area contributed by atoms with E-state index in [1.165, 1.54) is 0 Å². The summed E-state index contributed by atoms with van der Waals surface area (Å²) in [5.41, 5.74) is 0.699. The molecule has 0 aliphatic carbocycles. The Morgan fingerprint density at radius 1 is 1.36 bits per heavy atom. The van der Waals surface area contributed by atoms with Crippen LogP contribution in [-0.2, 0) is 21.4 Å². The van der Waals surface area contributed by atoms with E-state index in [1.807, 2.05) is 0 Å². The standard InChI is InChI=1S/C13H16F2N2O4S/c14-13(15)6-11(8-22(16,19)20)17(9-13)12(18)21-7-10-4-2-1-3-5-10/h1-5,11H,6-9H2,(H2,16,19,20). The van der Waals surface area contributed by atoms with Crippen LogP contribution in [0.5, 0.6) is 0 Å². The van der Waals surface area contributed by atoms with Gasteiger partial charge in [-0.15, -0.1) is 0 Å². The second kappa shape index (κ2) is 6.17. The SMILES string of the molecule is NS(=O)(=O)CC1CC(F)(F)CN1C(=O)OCc1ccccc1. The first-order valence-electron chi connectivity index (χ1n) is 6.52. The second-order valence-corrected chi connectivity index (χ2v) is 6.87. The lowest BCUT2D eigenvalue weighted by Crippen LogP contribution is -2.41. The summed E-state index contributed by atoms with van der Waals surface area (Å²) in [6.07, 6.45) is -1.72. The van der Waals surface area contributed by atoms with Gasteiger partial charge in [-0.2, -0.15) is 0 Å². The van der Waals surface area contributed by atoms with E-state index in [4.69, 9.17) is 9.88 Å². The summed E-state index contributed by atoms with van der Waals surface area (Å²) in [6.45, 7) is -0.954. The van der Waals surface area contributed by atoms with Crippen LogP contribution in [0.25, 0.3) is 0 Å². The van der Waals surface area contributed by atoms with Crippen molar-refractivity contribution in [2.45, 2.75) is 25.0 Å². The van der Waals surface area contributed by atoms with E-state index < -0.39 is 46.8 Å². The van der Waals surface area contributed by atoms with E-state index in [0.717, 1.165) is 4.90 Å². The highest BCUT2D eigenvalue weighted by Crippen LogP contribution is 2.33. The number of rotatable bonds is 4. The van der Waals surface area contributed by atoms with E-state index in [-0.39, 0.29) is 6.61 Å². The lowest BCUT2D eigenvalue weighted by Gasteiger charge is -2.22. The molecule has 0 bridgehead atoms. The van der Waals surface area contributed by atoms with Crippen LogP contribution in [0.15, 0.2) is 30.3 Å². The highest BCUT2D eigenvalue weighted by molar-refractivity contribution is 7.89. The van der Waals surface area contributed by atoms with Crippen molar-refractivity contribution in [1.82, 2.24) is 4.90 Å². The fourth-order valence-corrected chi connectivity index (χ4v) is 3.16. The van der Waals surface area contributed by atoms with Gasteiger partial charge in [0.25, 0.3) is 5.92 Å². The molecule has 1 saturated heterocycles. The van der Waals surface area contributed by atoms with Crippen LogP contribution >= 0.6 is 0 Å². The van der Waals surface area contributed by atoms with Crippen LogP contribution < -0.4 is 5.14 Å². The number of nitrogens with two attached hydrogens (primary N) is 1. The predicted molar refractivity (Wildman–Crippen MR) is 74.7 cm³/mol. The number of halogens is 2. The Kier molecular flexibility index (Phi) is 4.66. The molecule has 1 aliphatic heterocycles. The first kappa shape index (κ1) is 16.6. The Morgan fingerprint density at radius 3 is 2.59 bits per heavy atom. The van der Waals surface area contributed by atoms with Gasteiger partial charge in [0, 0.05) is 6.42 Å². The molecular formula is C13H16F2N2O4S. The Labute approximate surface area is 126 Å². The summed E-state index contributed by atoms with van der Waals surface area (Å²) in [6, 6.07) is 7.53. The summed E-state index contributed by atoms with van der Waals surface area (Å²) < 4.78 is 54.1. The van der Waals surface area contributed by atoms with Gasteiger partial charge in [-0.25, -0.2) is 27.1 Å². The second-order valence-electron chi connectivity index (χ2n) is 5.21. The quantitative estimate of drug-likeness (QED) is 0.899. The number of hydrogen-bond donors (Lipinski definition) is 1. The number of sulfonamides is 1. The van der Waals surface area contributed by atoms with Crippen molar-refractivity contribution in [3.63, 3.8) is 0 Å². The molecule has 1 unspecified atom stereocenters. The number of carbonyl (C=O) groups is 1. The highest BCUT2D eigenvalue weighted by Gasteiger charge is 2.48. The van der Waals surface area contributed by atoms with Crippen molar-refractivity contribution in [2.24, 2.45) is 5.14 Å². The molecule has 0 spiro atoms. The number of amides is 1. The average molecular weight is 334 g/mol. The number of nitrogens with zero attached hydrogens (tertiary/aromatic N) is 1. The number of hydrogen-bond acceptors (Lipinski definition) is 4. The van der Waals surface area contributed by atoms with Crippen LogP contribution in [-0.4, -0.2) is 43.7 Å². The van der Waals surface area contributed by atoms with Gasteiger partial charge < -0.3 is 4.74 Å². The molecule has 0 saturated carbocycles. The van der Waals surface area contributed by atoms with Crippen molar-refractivity contribution in [3.8, 4) is 0 Å². The summed E-state index contributed by atoms with van der Waals surface area (Å²) in [7, 11) is -3.97. The molecule has 22 heavy (non-hydrogen) atoms. The highest BCUT2D eigenvalue weighted by atomic mass is 32.2. The Hall–Kier alpha value is -1.74. The molecule has 0 aromatic heterocycles. The first-order chi connectivity index (χ1) is 10.2. The maximum Gasteiger partial charge on any atom is 0.410 e. The van der Waals surface area contributed by atoms with Gasteiger partial charge in [0.05, 0.1) is 18.3 Å². The van der Waals surface area contributed by atoms with Gasteiger partial charge in [0.1, 0.15) is 6.61 Å². The zero-order valence-electron chi connectivity index (χ0n) is 11.6. The Bertz CT molecular complexity index is 637. The third-order valence-electron chi connectivity index (χ3n) is 3.24. The monoisotopic (exact) mass is 334 g/mol. The number of likely N-dealkylation sites (tertiary alicyclic amines) is 1. The number of ether oxygens (including phenoxy) is 1. The minimum atomic E-state index is -3.97. The molecule has 1 heterocycles. The van der Waals surface area contributed by atoms with E-state index in [9.17, 15) is 22.0 Å². The molecule has 1 atom stereocenters. The third kappa shape index (κ3) is 4.63. The molecule has 6 nitrogen and oxygen atoms in total. The van der Waals surface area contributed by atoms with E-state index in [2.05, 4.69) is 0 Å². The van der Waals surface area contributed by atoms with Gasteiger partial charge >= 0.3 is 6.09 Å². The van der Waals surface area contributed by atoms with Crippen molar-refractivity contribution < 1.29 is 26.7 Å². The summed E-state index contributed by atoms with van der Waals surface area (Å²) in [5, 5.41) is 4.88. The molecule has 1 amide bonds. The normalized spacial score (nSPS) is 20.9. The number of primary sulfonamides is 1. The zero-order valence-corrected chi connectivity index (χ0v) is 12.4. The first-order valence-corrected chi connectivity index (χ1v) is 8.23. The molecule has 1 fully saturated rings. The molecule has 1 aliphatic rings. The summed E-state index contributed by atoms with van der Waals surface area (Å²) >= 11 is 0. The average Bonchev–Trinajstić information content (AvgIpc) is 2.70. The minimum absolute atomic E-state index is 0.0795. The van der Waals surface area contributed by atoms with Gasteiger partial charge in [0.15, 0.2) is 0 Å². The topological polar surface area (TPSA) is 89.7 Å². The third-order valence-corrected chi connectivity index (χ3v) is 4.09.